The molecule has 1 aliphatic heterocycles. The summed E-state index contributed by atoms with van der Waals surface area (Å²) in [5, 5.41) is 7.58. The molecule has 4 rings (SSSR count). The number of hydrogen-bond acceptors (Lipinski definition) is 6. The van der Waals surface area contributed by atoms with E-state index >= 15 is 0 Å². The summed E-state index contributed by atoms with van der Waals surface area (Å²) in [6, 6.07) is 8.94. The molecule has 0 aliphatic carbocycles. The molecule has 0 amide bonds. The summed E-state index contributed by atoms with van der Waals surface area (Å²) in [5.74, 6) is -0.619. The van der Waals surface area contributed by atoms with Crippen molar-refractivity contribution in [3.8, 4) is 17.2 Å². The van der Waals surface area contributed by atoms with Crippen molar-refractivity contribution in [1.29, 1.82) is 0 Å². The molecule has 1 aliphatic rings. The first-order valence-corrected chi connectivity index (χ1v) is 8.14. The Kier molecular flexibility index (Phi) is 4.02. The Morgan fingerprint density at radius 1 is 1.18 bits per heavy atom. The van der Waals surface area contributed by atoms with Crippen LogP contribution in [0, 0.1) is 6.92 Å². The highest BCUT2D eigenvalue weighted by Crippen LogP contribution is 2.41. The van der Waals surface area contributed by atoms with Crippen LogP contribution in [0.1, 0.15) is 11.1 Å². The number of alkyl halides is 3. The zero-order valence-electron chi connectivity index (χ0n) is 14.5. The van der Waals surface area contributed by atoms with Gasteiger partial charge in [-0.05, 0) is 46.7 Å². The van der Waals surface area contributed by atoms with Crippen LogP contribution in [0.3, 0.4) is 0 Å². The summed E-state index contributed by atoms with van der Waals surface area (Å²) in [6.07, 6.45) is -7.05. The van der Waals surface area contributed by atoms with Gasteiger partial charge in [-0.3, -0.25) is 0 Å². The molecule has 3 aromatic rings. The zero-order chi connectivity index (χ0) is 20.1. The maximum atomic E-state index is 13.4. The number of nitrogen functional groups attached to an aromatic ring is 1. The minimum atomic E-state index is -4.09. The van der Waals surface area contributed by atoms with Crippen LogP contribution in [0.4, 0.5) is 18.9 Å². The molecule has 0 saturated heterocycles. The lowest BCUT2D eigenvalue weighted by atomic mass is 10.1. The molecule has 2 heterocycles. The van der Waals surface area contributed by atoms with Crippen molar-refractivity contribution in [2.24, 2.45) is 0 Å². The van der Waals surface area contributed by atoms with E-state index in [4.69, 9.17) is 5.73 Å². The third-order valence-corrected chi connectivity index (χ3v) is 4.22. The second-order valence-corrected chi connectivity index (χ2v) is 6.25. The molecule has 0 bridgehead atoms. The maximum Gasteiger partial charge on any atom is 0.468 e. The molecule has 1 atom stereocenters. The highest BCUT2D eigenvalue weighted by molar-refractivity contribution is 5.49. The molecule has 1 unspecified atom stereocenters. The Labute approximate surface area is 155 Å². The van der Waals surface area contributed by atoms with Crippen molar-refractivity contribution < 1.29 is 22.6 Å². The van der Waals surface area contributed by atoms with Crippen LogP contribution in [0.2, 0.25) is 0 Å². The van der Waals surface area contributed by atoms with Gasteiger partial charge in [-0.15, -0.1) is 0 Å². The summed E-state index contributed by atoms with van der Waals surface area (Å²) in [5.41, 5.74) is 7.65. The molecule has 0 spiro atoms. The molecule has 0 fully saturated rings. The van der Waals surface area contributed by atoms with Crippen molar-refractivity contribution in [3.05, 3.63) is 58.0 Å². The van der Waals surface area contributed by atoms with Gasteiger partial charge in [0.1, 0.15) is 0 Å². The van der Waals surface area contributed by atoms with E-state index in [-0.39, 0.29) is 23.7 Å². The lowest BCUT2D eigenvalue weighted by molar-refractivity contribution is -0.281. The van der Waals surface area contributed by atoms with Crippen LogP contribution >= 0.6 is 0 Å². The van der Waals surface area contributed by atoms with E-state index in [9.17, 15) is 18.0 Å². The summed E-state index contributed by atoms with van der Waals surface area (Å²) in [6.45, 7) is 2.00. The van der Waals surface area contributed by atoms with Gasteiger partial charge in [-0.2, -0.15) is 22.5 Å². The number of nitrogens with two attached hydrogens (primary N) is 1. The number of tetrazole rings is 1. The van der Waals surface area contributed by atoms with Crippen LogP contribution < -0.4 is 20.9 Å². The van der Waals surface area contributed by atoms with Crippen molar-refractivity contribution in [2.75, 3.05) is 5.73 Å². The van der Waals surface area contributed by atoms with Gasteiger partial charge in [-0.1, -0.05) is 12.1 Å². The number of anilines is 1. The average molecular weight is 393 g/mol. The number of halogens is 3. The number of fused-ring (bicyclic) bond motifs is 1. The van der Waals surface area contributed by atoms with Crippen LogP contribution in [-0.4, -0.2) is 32.3 Å². The fourth-order valence-electron chi connectivity index (χ4n) is 2.72. The second kappa shape index (κ2) is 6.29. The predicted molar refractivity (Wildman–Crippen MR) is 91.4 cm³/mol. The second-order valence-electron chi connectivity index (χ2n) is 6.25. The normalized spacial score (nSPS) is 17.5. The third-order valence-electron chi connectivity index (χ3n) is 4.22. The van der Waals surface area contributed by atoms with Gasteiger partial charge in [0, 0.05) is 11.8 Å². The zero-order valence-corrected chi connectivity index (χ0v) is 14.5. The Bertz CT molecular complexity index is 1110. The molecular weight excluding hydrogens is 379 g/mol. The molecular formula is C17H14F3N5O3. The Hall–Kier alpha value is -3.50. The number of nitrogens with zero attached hydrogens (tertiary/aromatic N) is 4. The number of aromatic nitrogens is 4. The van der Waals surface area contributed by atoms with Crippen molar-refractivity contribution >= 4 is 5.69 Å². The number of ether oxygens (including phenoxy) is 2. The van der Waals surface area contributed by atoms with Crippen LogP contribution in [-0.2, 0) is 6.54 Å². The molecule has 2 N–H and O–H groups in total. The van der Waals surface area contributed by atoms with Gasteiger partial charge in [0.25, 0.3) is 0 Å². The first-order chi connectivity index (χ1) is 13.2. The van der Waals surface area contributed by atoms with Gasteiger partial charge in [0.15, 0.2) is 11.5 Å². The Morgan fingerprint density at radius 2 is 1.96 bits per heavy atom. The van der Waals surface area contributed by atoms with Gasteiger partial charge < -0.3 is 15.2 Å². The van der Waals surface area contributed by atoms with Crippen molar-refractivity contribution in [2.45, 2.75) is 25.9 Å². The molecule has 11 heteroatoms. The van der Waals surface area contributed by atoms with E-state index in [1.165, 1.54) is 12.1 Å². The Morgan fingerprint density at radius 3 is 2.71 bits per heavy atom. The monoisotopic (exact) mass is 393 g/mol. The first kappa shape index (κ1) is 17.9. The van der Waals surface area contributed by atoms with E-state index in [2.05, 4.69) is 19.9 Å². The molecule has 1 aromatic heterocycles. The number of rotatable bonds is 3. The number of aryl methyl sites for hydroxylation is 1. The highest BCUT2D eigenvalue weighted by atomic mass is 19.3. The first-order valence-electron chi connectivity index (χ1n) is 8.14. The van der Waals surface area contributed by atoms with E-state index in [0.717, 1.165) is 26.6 Å². The maximum absolute atomic E-state index is 13.4. The van der Waals surface area contributed by atoms with Crippen molar-refractivity contribution in [1.82, 2.24) is 19.8 Å². The lowest BCUT2D eigenvalue weighted by Crippen LogP contribution is -2.43. The number of benzene rings is 2. The highest BCUT2D eigenvalue weighted by Gasteiger charge is 2.49. The topological polar surface area (TPSA) is 97.2 Å². The molecule has 8 nitrogen and oxygen atoms in total. The quantitative estimate of drug-likeness (QED) is 0.684. The summed E-state index contributed by atoms with van der Waals surface area (Å²) < 4.78 is 50.7. The minimum Gasteiger partial charge on any atom is -0.447 e. The van der Waals surface area contributed by atoms with E-state index in [0.29, 0.717) is 5.69 Å². The lowest BCUT2D eigenvalue weighted by Gasteiger charge is -2.28. The average Bonchev–Trinajstić information content (AvgIpc) is 2.99. The predicted octanol–water partition coefficient (Wildman–Crippen LogP) is 2.03. The van der Waals surface area contributed by atoms with Gasteiger partial charge >= 0.3 is 18.2 Å². The van der Waals surface area contributed by atoms with Crippen LogP contribution in [0.15, 0.2) is 41.2 Å². The molecule has 28 heavy (non-hydrogen) atoms. The van der Waals surface area contributed by atoms with Gasteiger partial charge in [-0.25, -0.2) is 4.79 Å². The fraction of sp³-hybridized carbons (Fsp3) is 0.235. The van der Waals surface area contributed by atoms with Crippen molar-refractivity contribution in [3.63, 3.8) is 0 Å². The largest absolute Gasteiger partial charge is 0.468 e. The Balaban J connectivity index is 1.64. The van der Waals surface area contributed by atoms with Gasteiger partial charge in [0.2, 0.25) is 0 Å². The van der Waals surface area contributed by atoms with Gasteiger partial charge in [0.05, 0.1) is 12.2 Å². The SMILES string of the molecule is Cc1cc(Cn2nnn(-c3ccc4c(c3)OC(F)C(F)(F)O4)c2=O)ccc1N. The summed E-state index contributed by atoms with van der Waals surface area (Å²) in [4.78, 5) is 12.6. The fourth-order valence-corrected chi connectivity index (χ4v) is 2.72. The molecule has 0 saturated carbocycles. The van der Waals surface area contributed by atoms with E-state index in [1.54, 1.807) is 12.1 Å². The van der Waals surface area contributed by atoms with E-state index < -0.39 is 18.2 Å². The molecule has 146 valence electrons. The van der Waals surface area contributed by atoms with Crippen LogP contribution in [0.25, 0.3) is 5.69 Å². The summed E-state index contributed by atoms with van der Waals surface area (Å²) >= 11 is 0. The van der Waals surface area contributed by atoms with E-state index in [1.807, 2.05) is 13.0 Å². The third kappa shape index (κ3) is 3.04. The van der Waals surface area contributed by atoms with Crippen LogP contribution in [0.5, 0.6) is 11.5 Å². The standard InChI is InChI=1S/C17H14F3N5O3/c1-9-6-10(2-4-12(9)21)8-24-16(26)25(23-22-24)11-3-5-13-14(7-11)27-15(18)17(19,20)28-13/h2-7,15H,8,21H2,1H3. The smallest absolute Gasteiger partial charge is 0.447 e. The summed E-state index contributed by atoms with van der Waals surface area (Å²) in [7, 11) is 0. The number of hydrogen-bond donors (Lipinski definition) is 1. The molecule has 2 aromatic carbocycles. The minimum absolute atomic E-state index is 0.156. The molecule has 0 radical (unpaired) electrons.